The fraction of sp³-hybridized carbons (Fsp3) is 0.923. The summed E-state index contributed by atoms with van der Waals surface area (Å²) in [6.45, 7) is 7.81. The lowest BCUT2D eigenvalue weighted by atomic mass is 10.0. The molecule has 106 valence electrons. The first-order valence-corrected chi connectivity index (χ1v) is 6.94. The second-order valence-corrected chi connectivity index (χ2v) is 5.37. The van der Waals surface area contributed by atoms with Gasteiger partial charge in [-0.3, -0.25) is 4.90 Å². The number of likely N-dealkylation sites (tertiary alicyclic amines) is 1. The molecule has 1 heterocycles. The van der Waals surface area contributed by atoms with Crippen LogP contribution in [-0.4, -0.2) is 48.3 Å². The lowest BCUT2D eigenvalue weighted by Gasteiger charge is -2.34. The smallest absolute Gasteiger partial charge is 0.156 e. The van der Waals surface area contributed by atoms with Crippen LogP contribution in [0.4, 0.5) is 0 Å². The average Bonchev–Trinajstić information content (AvgIpc) is 2.37. The molecule has 0 amide bonds. The minimum atomic E-state index is 0.0810. The maximum atomic E-state index is 8.78. The number of nitrogens with zero attached hydrogens (tertiary/aromatic N) is 2. The Kier molecular flexibility index (Phi) is 7.05. The topological polar surface area (TPSA) is 71.1 Å². The molecular formula is C13H27N3O2. The van der Waals surface area contributed by atoms with Gasteiger partial charge in [0.2, 0.25) is 0 Å². The molecule has 0 aromatic rings. The molecule has 1 aliphatic heterocycles. The Balaban J connectivity index is 2.25. The van der Waals surface area contributed by atoms with E-state index in [0.29, 0.717) is 11.8 Å². The fourth-order valence-electron chi connectivity index (χ4n) is 2.26. The number of oxime groups is 1. The predicted octanol–water partition coefficient (Wildman–Crippen LogP) is 1.65. The van der Waals surface area contributed by atoms with Crippen molar-refractivity contribution in [1.29, 1.82) is 0 Å². The highest BCUT2D eigenvalue weighted by Crippen LogP contribution is 2.16. The van der Waals surface area contributed by atoms with Gasteiger partial charge >= 0.3 is 0 Å². The quantitative estimate of drug-likeness (QED) is 0.239. The van der Waals surface area contributed by atoms with E-state index >= 15 is 0 Å². The van der Waals surface area contributed by atoms with Crippen LogP contribution in [-0.2, 0) is 4.74 Å². The molecule has 5 nitrogen and oxygen atoms in total. The molecule has 0 bridgehead atoms. The number of piperidine rings is 1. The van der Waals surface area contributed by atoms with E-state index in [4.69, 9.17) is 15.7 Å². The Labute approximate surface area is 110 Å². The molecule has 0 aliphatic carbocycles. The number of hydrogen-bond donors (Lipinski definition) is 2. The van der Waals surface area contributed by atoms with E-state index in [-0.39, 0.29) is 6.04 Å². The van der Waals surface area contributed by atoms with Gasteiger partial charge in [-0.1, -0.05) is 25.4 Å². The maximum absolute atomic E-state index is 8.78. The van der Waals surface area contributed by atoms with Crippen LogP contribution in [0.15, 0.2) is 5.16 Å². The molecule has 1 saturated heterocycles. The molecule has 1 unspecified atom stereocenters. The van der Waals surface area contributed by atoms with E-state index in [1.165, 1.54) is 6.42 Å². The lowest BCUT2D eigenvalue weighted by molar-refractivity contribution is 0.0802. The Morgan fingerprint density at radius 1 is 1.44 bits per heavy atom. The zero-order valence-electron chi connectivity index (χ0n) is 11.6. The summed E-state index contributed by atoms with van der Waals surface area (Å²) in [6.07, 6.45) is 4.40. The number of hydrogen-bond acceptors (Lipinski definition) is 4. The van der Waals surface area contributed by atoms with Crippen molar-refractivity contribution >= 4 is 5.84 Å². The molecule has 0 saturated carbocycles. The van der Waals surface area contributed by atoms with Gasteiger partial charge in [0.05, 0.1) is 12.6 Å². The number of rotatable bonds is 7. The van der Waals surface area contributed by atoms with Crippen molar-refractivity contribution in [2.75, 3.05) is 26.3 Å². The summed E-state index contributed by atoms with van der Waals surface area (Å²) < 4.78 is 5.62. The zero-order chi connectivity index (χ0) is 13.4. The molecule has 0 spiro atoms. The first kappa shape index (κ1) is 15.2. The molecule has 1 rings (SSSR count). The monoisotopic (exact) mass is 257 g/mol. The van der Waals surface area contributed by atoms with Crippen molar-refractivity contribution in [1.82, 2.24) is 4.90 Å². The van der Waals surface area contributed by atoms with Crippen LogP contribution in [0.1, 0.15) is 39.5 Å². The van der Waals surface area contributed by atoms with Gasteiger partial charge in [-0.2, -0.15) is 0 Å². The van der Waals surface area contributed by atoms with Gasteiger partial charge in [-0.05, 0) is 31.7 Å². The van der Waals surface area contributed by atoms with Gasteiger partial charge in [-0.15, -0.1) is 0 Å². The minimum Gasteiger partial charge on any atom is -0.409 e. The number of ether oxygens (including phenoxy) is 1. The van der Waals surface area contributed by atoms with E-state index in [1.54, 1.807) is 0 Å². The molecule has 0 aromatic carbocycles. The van der Waals surface area contributed by atoms with E-state index in [1.807, 2.05) is 0 Å². The van der Waals surface area contributed by atoms with E-state index in [0.717, 1.165) is 45.6 Å². The fourth-order valence-corrected chi connectivity index (χ4v) is 2.26. The molecule has 1 atom stereocenters. The molecular weight excluding hydrogens is 230 g/mol. The summed E-state index contributed by atoms with van der Waals surface area (Å²) in [5.74, 6) is 1.02. The van der Waals surface area contributed by atoms with E-state index < -0.39 is 0 Å². The Bertz CT molecular complexity index is 257. The normalized spacial score (nSPS) is 22.6. The third kappa shape index (κ3) is 5.23. The van der Waals surface area contributed by atoms with Crippen molar-refractivity contribution in [3.05, 3.63) is 0 Å². The van der Waals surface area contributed by atoms with E-state index in [2.05, 4.69) is 23.9 Å². The lowest BCUT2D eigenvalue weighted by Crippen LogP contribution is -2.48. The predicted molar refractivity (Wildman–Crippen MR) is 72.9 cm³/mol. The third-order valence-electron chi connectivity index (χ3n) is 3.43. The summed E-state index contributed by atoms with van der Waals surface area (Å²) in [7, 11) is 0. The molecule has 0 radical (unpaired) electrons. The van der Waals surface area contributed by atoms with Crippen LogP contribution in [0, 0.1) is 5.92 Å². The van der Waals surface area contributed by atoms with Gasteiger partial charge in [-0.25, -0.2) is 0 Å². The number of nitrogens with two attached hydrogens (primary N) is 1. The number of amidine groups is 1. The summed E-state index contributed by atoms with van der Waals surface area (Å²) in [5, 5.41) is 11.9. The first-order chi connectivity index (χ1) is 8.65. The second kappa shape index (κ2) is 8.32. The van der Waals surface area contributed by atoms with Gasteiger partial charge in [0.1, 0.15) is 0 Å². The van der Waals surface area contributed by atoms with Crippen molar-refractivity contribution < 1.29 is 9.94 Å². The second-order valence-electron chi connectivity index (χ2n) is 5.37. The van der Waals surface area contributed by atoms with Crippen LogP contribution in [0.5, 0.6) is 0 Å². The van der Waals surface area contributed by atoms with Gasteiger partial charge in [0, 0.05) is 13.2 Å². The molecule has 5 heteroatoms. The van der Waals surface area contributed by atoms with Crippen LogP contribution in [0.3, 0.4) is 0 Å². The average molecular weight is 257 g/mol. The van der Waals surface area contributed by atoms with E-state index in [9.17, 15) is 0 Å². The highest BCUT2D eigenvalue weighted by molar-refractivity contribution is 5.85. The molecule has 3 N–H and O–H groups in total. The zero-order valence-corrected chi connectivity index (χ0v) is 11.6. The molecule has 18 heavy (non-hydrogen) atoms. The van der Waals surface area contributed by atoms with Crippen LogP contribution < -0.4 is 5.73 Å². The molecule has 1 aliphatic rings. The maximum Gasteiger partial charge on any atom is 0.156 e. The van der Waals surface area contributed by atoms with Crippen molar-refractivity contribution in [3.63, 3.8) is 0 Å². The van der Waals surface area contributed by atoms with Gasteiger partial charge in [0.15, 0.2) is 5.84 Å². The highest BCUT2D eigenvalue weighted by Gasteiger charge is 2.25. The minimum absolute atomic E-state index is 0.0810. The Hall–Kier alpha value is -0.810. The SMILES string of the molecule is CC(C)CCOCCN1CCCCC1C(N)=NO. The van der Waals surface area contributed by atoms with Crippen LogP contribution in [0.2, 0.25) is 0 Å². The standard InChI is InChI=1S/C13H27N3O2/c1-11(2)6-9-18-10-8-16-7-4-3-5-12(16)13(14)15-17/h11-12,17H,3-10H2,1-2H3,(H2,14,15). The summed E-state index contributed by atoms with van der Waals surface area (Å²) >= 11 is 0. The first-order valence-electron chi connectivity index (χ1n) is 6.94. The molecule has 1 fully saturated rings. The van der Waals surface area contributed by atoms with Crippen molar-refractivity contribution in [2.45, 2.75) is 45.6 Å². The Morgan fingerprint density at radius 3 is 2.89 bits per heavy atom. The third-order valence-corrected chi connectivity index (χ3v) is 3.43. The summed E-state index contributed by atoms with van der Waals surface area (Å²) in [6, 6.07) is 0.0810. The van der Waals surface area contributed by atoms with Crippen LogP contribution in [0.25, 0.3) is 0 Å². The van der Waals surface area contributed by atoms with Gasteiger partial charge in [0.25, 0.3) is 0 Å². The van der Waals surface area contributed by atoms with Crippen molar-refractivity contribution in [2.24, 2.45) is 16.8 Å². The summed E-state index contributed by atoms with van der Waals surface area (Å²) in [5.41, 5.74) is 5.73. The largest absolute Gasteiger partial charge is 0.409 e. The molecule has 0 aromatic heterocycles. The van der Waals surface area contributed by atoms with Gasteiger partial charge < -0.3 is 15.7 Å². The Morgan fingerprint density at radius 2 is 2.22 bits per heavy atom. The van der Waals surface area contributed by atoms with Crippen LogP contribution >= 0.6 is 0 Å². The highest BCUT2D eigenvalue weighted by atomic mass is 16.5. The van der Waals surface area contributed by atoms with Crippen molar-refractivity contribution in [3.8, 4) is 0 Å². The summed E-state index contributed by atoms with van der Waals surface area (Å²) in [4.78, 5) is 2.26.